The van der Waals surface area contributed by atoms with E-state index >= 15 is 0 Å². The van der Waals surface area contributed by atoms with Crippen molar-refractivity contribution in [2.24, 2.45) is 0 Å². The predicted octanol–water partition coefficient (Wildman–Crippen LogP) is 2.74. The molecule has 4 aromatic rings. The van der Waals surface area contributed by atoms with E-state index in [-0.39, 0.29) is 36.2 Å². The zero-order chi connectivity index (χ0) is 26.4. The number of fused-ring (bicyclic) bond motifs is 3. The van der Waals surface area contributed by atoms with Crippen molar-refractivity contribution in [2.45, 2.75) is 44.8 Å². The summed E-state index contributed by atoms with van der Waals surface area (Å²) in [5.41, 5.74) is 10.9. The number of benzene rings is 1. The summed E-state index contributed by atoms with van der Waals surface area (Å²) < 4.78 is 1.92. The van der Waals surface area contributed by atoms with E-state index in [2.05, 4.69) is 27.1 Å². The molecule has 2 saturated heterocycles. The number of nitrogens with one attached hydrogen (secondary N) is 1. The maximum atomic E-state index is 13.0. The summed E-state index contributed by atoms with van der Waals surface area (Å²) in [7, 11) is 0. The van der Waals surface area contributed by atoms with E-state index in [4.69, 9.17) is 10.7 Å². The van der Waals surface area contributed by atoms with Crippen LogP contribution in [-0.2, 0) is 11.2 Å². The molecule has 190 valence electrons. The quantitative estimate of drug-likeness (QED) is 0.316. The summed E-state index contributed by atoms with van der Waals surface area (Å²) in [5, 5.41) is 3.52. The molecule has 38 heavy (non-hydrogen) atoms. The summed E-state index contributed by atoms with van der Waals surface area (Å²) in [4.78, 5) is 41.4. The van der Waals surface area contributed by atoms with E-state index in [1.165, 1.54) is 0 Å². The standard InChI is InChI=1S/C29H27N7O2/c1-3-4-24(38)36-21-15-22(33-16-21)26(36)29-34-25(27-28(30)32-11-12-35(27)29)19-7-5-18(6-8-19)23(37)14-20-13-17(2)9-10-31-20/h5-13,21-22,26,33H,14-16H2,1-2H3,(H2,30,32)/t21?,22-,26?/m0/s1. The van der Waals surface area contributed by atoms with Crippen LogP contribution < -0.4 is 11.1 Å². The van der Waals surface area contributed by atoms with Crippen molar-refractivity contribution in [2.75, 3.05) is 12.3 Å². The average Bonchev–Trinajstić information content (AvgIpc) is 3.63. The van der Waals surface area contributed by atoms with Crippen LogP contribution >= 0.6 is 0 Å². The lowest BCUT2D eigenvalue weighted by Crippen LogP contribution is -2.49. The Kier molecular flexibility index (Phi) is 5.89. The number of imidazole rings is 1. The van der Waals surface area contributed by atoms with Crippen molar-refractivity contribution in [1.82, 2.24) is 29.6 Å². The molecule has 3 N–H and O–H groups in total. The normalized spacial score (nSPS) is 19.9. The molecular formula is C29H27N7O2. The molecule has 0 aliphatic carbocycles. The minimum atomic E-state index is -0.284. The fourth-order valence-electron chi connectivity index (χ4n) is 5.66. The maximum absolute atomic E-state index is 13.0. The van der Waals surface area contributed by atoms with Crippen LogP contribution in [0.3, 0.4) is 0 Å². The highest BCUT2D eigenvalue weighted by molar-refractivity contribution is 5.98. The lowest BCUT2D eigenvalue weighted by Gasteiger charge is -2.33. The number of hydrogen-bond acceptors (Lipinski definition) is 7. The number of amides is 1. The molecule has 2 fully saturated rings. The number of Topliss-reactive ketones (excluding diaryl/α,β-unsaturated/α-hetero) is 1. The van der Waals surface area contributed by atoms with Crippen LogP contribution in [0, 0.1) is 18.8 Å². The van der Waals surface area contributed by atoms with Crippen molar-refractivity contribution >= 4 is 23.0 Å². The van der Waals surface area contributed by atoms with Gasteiger partial charge >= 0.3 is 0 Å². The molecule has 1 aromatic carbocycles. The Morgan fingerprint density at radius 3 is 2.74 bits per heavy atom. The van der Waals surface area contributed by atoms with Gasteiger partial charge in [0.05, 0.1) is 6.42 Å². The van der Waals surface area contributed by atoms with Crippen LogP contribution in [0.4, 0.5) is 5.82 Å². The third kappa shape index (κ3) is 3.99. The second kappa shape index (κ2) is 9.39. The monoisotopic (exact) mass is 505 g/mol. The van der Waals surface area contributed by atoms with Gasteiger partial charge in [0.1, 0.15) is 28.9 Å². The van der Waals surface area contributed by atoms with Crippen LogP contribution in [0.5, 0.6) is 0 Å². The third-order valence-electron chi connectivity index (χ3n) is 7.35. The lowest BCUT2D eigenvalue weighted by atomic mass is 10.0. The molecule has 2 aliphatic heterocycles. The van der Waals surface area contributed by atoms with Crippen molar-refractivity contribution < 1.29 is 9.59 Å². The van der Waals surface area contributed by atoms with Gasteiger partial charge in [-0.2, -0.15) is 0 Å². The molecule has 2 aliphatic rings. The minimum absolute atomic E-state index is 0.00883. The van der Waals surface area contributed by atoms with Crippen LogP contribution in [0.25, 0.3) is 16.8 Å². The highest BCUT2D eigenvalue weighted by Gasteiger charge is 2.50. The van der Waals surface area contributed by atoms with E-state index in [0.29, 0.717) is 28.4 Å². The number of rotatable bonds is 5. The molecule has 6 rings (SSSR count). The van der Waals surface area contributed by atoms with E-state index in [9.17, 15) is 9.59 Å². The number of likely N-dealkylation sites (tertiary alicyclic amines) is 1. The Morgan fingerprint density at radius 2 is 1.97 bits per heavy atom. The number of pyridine rings is 1. The second-order valence-corrected chi connectivity index (χ2v) is 9.79. The van der Waals surface area contributed by atoms with Crippen molar-refractivity contribution in [3.63, 3.8) is 0 Å². The molecule has 2 bridgehead atoms. The van der Waals surface area contributed by atoms with Crippen LogP contribution in [-0.4, -0.2) is 54.6 Å². The van der Waals surface area contributed by atoms with Crippen LogP contribution in [0.2, 0.25) is 0 Å². The van der Waals surface area contributed by atoms with Crippen molar-refractivity contribution in [3.8, 4) is 23.1 Å². The number of nitrogen functional groups attached to an aromatic ring is 1. The first kappa shape index (κ1) is 23.8. The topological polar surface area (TPSA) is 119 Å². The number of carbonyl (C=O) groups excluding carboxylic acids is 2. The molecule has 9 nitrogen and oxygen atoms in total. The number of nitrogens with two attached hydrogens (primary N) is 1. The van der Waals surface area contributed by atoms with Crippen molar-refractivity contribution in [3.05, 3.63) is 77.6 Å². The number of ketones is 1. The Labute approximate surface area is 220 Å². The fourth-order valence-corrected chi connectivity index (χ4v) is 5.66. The fraction of sp³-hybridized carbons (Fsp3) is 0.276. The summed E-state index contributed by atoms with van der Waals surface area (Å²) in [6, 6.07) is 11.0. The van der Waals surface area contributed by atoms with E-state index in [1.54, 1.807) is 31.5 Å². The number of nitrogens with zero attached hydrogens (tertiary/aromatic N) is 5. The van der Waals surface area contributed by atoms with Gasteiger partial charge in [0, 0.05) is 54.0 Å². The third-order valence-corrected chi connectivity index (χ3v) is 7.35. The molecule has 0 radical (unpaired) electrons. The van der Waals surface area contributed by atoms with Gasteiger partial charge in [-0.25, -0.2) is 9.97 Å². The van der Waals surface area contributed by atoms with Gasteiger partial charge in [-0.3, -0.25) is 19.0 Å². The number of aryl methyl sites for hydroxylation is 1. The molecule has 3 aromatic heterocycles. The number of anilines is 1. The Balaban J connectivity index is 1.37. The van der Waals surface area contributed by atoms with Crippen LogP contribution in [0.15, 0.2) is 55.0 Å². The zero-order valence-corrected chi connectivity index (χ0v) is 21.2. The summed E-state index contributed by atoms with van der Waals surface area (Å²) in [5.74, 6) is 6.29. The van der Waals surface area contributed by atoms with Gasteiger partial charge < -0.3 is 16.0 Å². The van der Waals surface area contributed by atoms with Gasteiger partial charge in [0.25, 0.3) is 5.91 Å². The predicted molar refractivity (Wildman–Crippen MR) is 143 cm³/mol. The summed E-state index contributed by atoms with van der Waals surface area (Å²) in [6.07, 6.45) is 6.26. The summed E-state index contributed by atoms with van der Waals surface area (Å²) >= 11 is 0. The molecule has 3 atom stereocenters. The van der Waals surface area contributed by atoms with E-state index < -0.39 is 0 Å². The van der Waals surface area contributed by atoms with Gasteiger partial charge in [-0.05, 0) is 43.9 Å². The number of hydrogen-bond donors (Lipinski definition) is 2. The average molecular weight is 506 g/mol. The first-order chi connectivity index (χ1) is 18.4. The zero-order valence-electron chi connectivity index (χ0n) is 21.2. The number of piperazine rings is 1. The van der Waals surface area contributed by atoms with Gasteiger partial charge in [-0.1, -0.05) is 30.2 Å². The maximum Gasteiger partial charge on any atom is 0.299 e. The van der Waals surface area contributed by atoms with Crippen LogP contribution in [0.1, 0.15) is 46.8 Å². The molecule has 1 amide bonds. The van der Waals surface area contributed by atoms with Gasteiger partial charge in [0.15, 0.2) is 5.78 Å². The molecule has 2 unspecified atom stereocenters. The largest absolute Gasteiger partial charge is 0.382 e. The number of carbonyl (C=O) groups is 2. The molecule has 9 heteroatoms. The highest BCUT2D eigenvalue weighted by atomic mass is 16.2. The van der Waals surface area contributed by atoms with E-state index in [1.807, 2.05) is 46.7 Å². The Hall–Kier alpha value is -4.55. The van der Waals surface area contributed by atoms with Gasteiger partial charge in [-0.15, -0.1) is 0 Å². The summed E-state index contributed by atoms with van der Waals surface area (Å²) in [6.45, 7) is 4.39. The molecular weight excluding hydrogens is 478 g/mol. The first-order valence-electron chi connectivity index (χ1n) is 12.6. The SMILES string of the molecule is CC#CC(=O)N1C2CN[C@@H](C2)C1c1nc(-c2ccc(C(=O)Cc3cc(C)ccn3)cc2)c2c(N)nccn12. The molecule has 5 heterocycles. The Morgan fingerprint density at radius 1 is 1.16 bits per heavy atom. The van der Waals surface area contributed by atoms with Crippen molar-refractivity contribution in [1.29, 1.82) is 0 Å². The Bertz CT molecular complexity index is 1630. The van der Waals surface area contributed by atoms with Gasteiger partial charge in [0.2, 0.25) is 0 Å². The molecule has 0 saturated carbocycles. The number of aromatic nitrogens is 4. The molecule has 0 spiro atoms. The second-order valence-electron chi connectivity index (χ2n) is 9.79. The minimum Gasteiger partial charge on any atom is -0.382 e. The lowest BCUT2D eigenvalue weighted by molar-refractivity contribution is -0.129. The smallest absolute Gasteiger partial charge is 0.299 e. The first-order valence-corrected chi connectivity index (χ1v) is 12.6. The van der Waals surface area contributed by atoms with E-state index in [0.717, 1.165) is 29.8 Å². The highest BCUT2D eigenvalue weighted by Crippen LogP contribution is 2.41.